The van der Waals surface area contributed by atoms with E-state index in [1.165, 1.54) is 5.56 Å². The standard InChI is InChI=1S/C15H20N2O3S/c1-21-10-12-4-2-11(3-5-12)8-16-15(20)17-7-6-13(9-17)14(18)19/h2-5,13H,6-10H2,1H3,(H,16,20)(H,18,19). The fourth-order valence-electron chi connectivity index (χ4n) is 2.36. The van der Waals surface area contributed by atoms with E-state index in [-0.39, 0.29) is 6.03 Å². The van der Waals surface area contributed by atoms with Crippen LogP contribution in [0.25, 0.3) is 0 Å². The number of carbonyl (C=O) groups is 2. The SMILES string of the molecule is CSCc1ccc(CNC(=O)N2CCC(C(=O)O)C2)cc1. The van der Waals surface area contributed by atoms with E-state index in [0.717, 1.165) is 11.3 Å². The van der Waals surface area contributed by atoms with E-state index in [1.54, 1.807) is 16.7 Å². The molecule has 2 rings (SSSR count). The average Bonchev–Trinajstić information content (AvgIpc) is 2.97. The smallest absolute Gasteiger partial charge is 0.317 e. The Labute approximate surface area is 128 Å². The molecule has 1 fully saturated rings. The fraction of sp³-hybridized carbons (Fsp3) is 0.467. The Morgan fingerprint density at radius 1 is 1.33 bits per heavy atom. The quantitative estimate of drug-likeness (QED) is 0.874. The number of hydrogen-bond donors (Lipinski definition) is 2. The summed E-state index contributed by atoms with van der Waals surface area (Å²) >= 11 is 1.77. The maximum atomic E-state index is 12.0. The summed E-state index contributed by atoms with van der Waals surface area (Å²) < 4.78 is 0. The molecule has 1 aromatic rings. The van der Waals surface area contributed by atoms with Gasteiger partial charge < -0.3 is 15.3 Å². The predicted molar refractivity (Wildman–Crippen MR) is 83.2 cm³/mol. The third-order valence-corrected chi connectivity index (χ3v) is 4.22. The zero-order valence-electron chi connectivity index (χ0n) is 12.0. The topological polar surface area (TPSA) is 69.6 Å². The Bertz CT molecular complexity index is 504. The number of nitrogens with one attached hydrogen (secondary N) is 1. The predicted octanol–water partition coefficient (Wildman–Crippen LogP) is 2.17. The molecular weight excluding hydrogens is 288 g/mol. The summed E-state index contributed by atoms with van der Waals surface area (Å²) in [5.74, 6) is -0.270. The average molecular weight is 308 g/mol. The van der Waals surface area contributed by atoms with Crippen molar-refractivity contribution in [2.24, 2.45) is 5.92 Å². The van der Waals surface area contributed by atoms with E-state index in [0.29, 0.717) is 26.1 Å². The summed E-state index contributed by atoms with van der Waals surface area (Å²) in [6, 6.07) is 7.96. The number of amides is 2. The van der Waals surface area contributed by atoms with Crippen molar-refractivity contribution in [3.63, 3.8) is 0 Å². The lowest BCUT2D eigenvalue weighted by Crippen LogP contribution is -2.38. The van der Waals surface area contributed by atoms with Crippen LogP contribution in [0.2, 0.25) is 0 Å². The molecule has 1 unspecified atom stereocenters. The number of likely N-dealkylation sites (tertiary alicyclic amines) is 1. The van der Waals surface area contributed by atoms with Gasteiger partial charge in [0, 0.05) is 25.4 Å². The molecule has 0 spiro atoms. The highest BCUT2D eigenvalue weighted by Crippen LogP contribution is 2.16. The van der Waals surface area contributed by atoms with Crippen molar-refractivity contribution in [3.05, 3.63) is 35.4 Å². The minimum Gasteiger partial charge on any atom is -0.481 e. The van der Waals surface area contributed by atoms with Gasteiger partial charge in [-0.25, -0.2) is 4.79 Å². The number of carbonyl (C=O) groups excluding carboxylic acids is 1. The molecular formula is C15H20N2O3S. The minimum atomic E-state index is -0.824. The Hall–Kier alpha value is -1.69. The van der Waals surface area contributed by atoms with Crippen molar-refractivity contribution in [1.29, 1.82) is 0 Å². The van der Waals surface area contributed by atoms with E-state index in [4.69, 9.17) is 5.11 Å². The molecule has 0 radical (unpaired) electrons. The molecule has 1 aliphatic rings. The molecule has 1 heterocycles. The summed E-state index contributed by atoms with van der Waals surface area (Å²) in [4.78, 5) is 24.4. The Balaban J connectivity index is 1.80. The number of aliphatic carboxylic acids is 1. The number of nitrogens with zero attached hydrogens (tertiary/aromatic N) is 1. The van der Waals surface area contributed by atoms with E-state index in [9.17, 15) is 9.59 Å². The minimum absolute atomic E-state index is 0.188. The number of thioether (sulfide) groups is 1. The first kappa shape index (κ1) is 15.7. The van der Waals surface area contributed by atoms with Crippen LogP contribution in [0, 0.1) is 5.92 Å². The molecule has 2 amide bonds. The Morgan fingerprint density at radius 2 is 2.00 bits per heavy atom. The van der Waals surface area contributed by atoms with Crippen LogP contribution in [0.3, 0.4) is 0 Å². The van der Waals surface area contributed by atoms with Gasteiger partial charge in [-0.15, -0.1) is 0 Å². The third kappa shape index (κ3) is 4.39. The van der Waals surface area contributed by atoms with E-state index in [2.05, 4.69) is 23.7 Å². The van der Waals surface area contributed by atoms with Gasteiger partial charge in [-0.2, -0.15) is 11.8 Å². The zero-order chi connectivity index (χ0) is 15.2. The van der Waals surface area contributed by atoms with Crippen molar-refractivity contribution in [1.82, 2.24) is 10.2 Å². The van der Waals surface area contributed by atoms with Crippen molar-refractivity contribution in [2.75, 3.05) is 19.3 Å². The van der Waals surface area contributed by atoms with Crippen LogP contribution in [0.15, 0.2) is 24.3 Å². The van der Waals surface area contributed by atoms with Gasteiger partial charge in [0.1, 0.15) is 0 Å². The number of benzene rings is 1. The van der Waals surface area contributed by atoms with Gasteiger partial charge in [0.25, 0.3) is 0 Å². The first-order valence-corrected chi connectivity index (χ1v) is 8.32. The molecule has 1 aromatic carbocycles. The molecule has 0 saturated carbocycles. The second-order valence-electron chi connectivity index (χ2n) is 5.18. The monoisotopic (exact) mass is 308 g/mol. The molecule has 0 aliphatic carbocycles. The first-order valence-electron chi connectivity index (χ1n) is 6.92. The van der Waals surface area contributed by atoms with Gasteiger partial charge in [0.05, 0.1) is 5.92 Å². The van der Waals surface area contributed by atoms with E-state index in [1.807, 2.05) is 12.1 Å². The van der Waals surface area contributed by atoms with Gasteiger partial charge in [0.15, 0.2) is 0 Å². The summed E-state index contributed by atoms with van der Waals surface area (Å²) in [6.45, 7) is 1.27. The molecule has 21 heavy (non-hydrogen) atoms. The Morgan fingerprint density at radius 3 is 2.57 bits per heavy atom. The van der Waals surface area contributed by atoms with E-state index < -0.39 is 11.9 Å². The van der Waals surface area contributed by atoms with Crippen LogP contribution in [0.5, 0.6) is 0 Å². The van der Waals surface area contributed by atoms with E-state index >= 15 is 0 Å². The summed E-state index contributed by atoms with van der Waals surface area (Å²) in [5.41, 5.74) is 2.31. The highest BCUT2D eigenvalue weighted by atomic mass is 32.2. The van der Waals surface area contributed by atoms with Crippen LogP contribution in [0.4, 0.5) is 4.79 Å². The number of carboxylic acids is 1. The second-order valence-corrected chi connectivity index (χ2v) is 6.04. The molecule has 0 bridgehead atoms. The molecule has 6 heteroatoms. The van der Waals surface area contributed by atoms with Crippen LogP contribution in [0.1, 0.15) is 17.5 Å². The summed E-state index contributed by atoms with van der Waals surface area (Å²) in [7, 11) is 0. The summed E-state index contributed by atoms with van der Waals surface area (Å²) in [6.07, 6.45) is 2.60. The first-order chi connectivity index (χ1) is 10.1. The molecule has 1 aliphatic heterocycles. The van der Waals surface area contributed by atoms with Gasteiger partial charge in [-0.3, -0.25) is 4.79 Å². The lowest BCUT2D eigenvalue weighted by Gasteiger charge is -2.16. The molecule has 5 nitrogen and oxygen atoms in total. The van der Waals surface area contributed by atoms with Gasteiger partial charge in [-0.1, -0.05) is 24.3 Å². The Kier molecular flexibility index (Phi) is 5.50. The van der Waals surface area contributed by atoms with Gasteiger partial charge in [-0.05, 0) is 23.8 Å². The highest BCUT2D eigenvalue weighted by molar-refractivity contribution is 7.97. The van der Waals surface area contributed by atoms with Crippen LogP contribution >= 0.6 is 11.8 Å². The summed E-state index contributed by atoms with van der Waals surface area (Å²) in [5, 5.41) is 11.8. The zero-order valence-corrected chi connectivity index (χ0v) is 12.9. The van der Waals surface area contributed by atoms with Gasteiger partial charge >= 0.3 is 12.0 Å². The molecule has 114 valence electrons. The van der Waals surface area contributed by atoms with Crippen molar-refractivity contribution >= 4 is 23.8 Å². The molecule has 1 atom stereocenters. The largest absolute Gasteiger partial charge is 0.481 e. The third-order valence-electron chi connectivity index (χ3n) is 3.60. The van der Waals surface area contributed by atoms with Crippen molar-refractivity contribution in [3.8, 4) is 0 Å². The molecule has 2 N–H and O–H groups in total. The molecule has 0 aromatic heterocycles. The number of urea groups is 1. The normalized spacial score (nSPS) is 17.8. The number of hydrogen-bond acceptors (Lipinski definition) is 3. The van der Waals surface area contributed by atoms with Crippen molar-refractivity contribution < 1.29 is 14.7 Å². The number of rotatable bonds is 5. The molecule has 1 saturated heterocycles. The fourth-order valence-corrected chi connectivity index (χ4v) is 2.88. The van der Waals surface area contributed by atoms with Crippen molar-refractivity contribution in [2.45, 2.75) is 18.7 Å². The maximum Gasteiger partial charge on any atom is 0.317 e. The van der Waals surface area contributed by atoms with Crippen LogP contribution in [-0.4, -0.2) is 41.4 Å². The van der Waals surface area contributed by atoms with Gasteiger partial charge in [0.2, 0.25) is 0 Å². The van der Waals surface area contributed by atoms with Crippen LogP contribution in [-0.2, 0) is 17.1 Å². The lowest BCUT2D eigenvalue weighted by atomic mass is 10.1. The lowest BCUT2D eigenvalue weighted by molar-refractivity contribution is -0.141. The van der Waals surface area contributed by atoms with Crippen LogP contribution < -0.4 is 5.32 Å². The second kappa shape index (κ2) is 7.36. The maximum absolute atomic E-state index is 12.0. The number of carboxylic acid groups (broad SMARTS) is 1. The highest BCUT2D eigenvalue weighted by Gasteiger charge is 2.30.